The number of carbonyl (C=O) groups excluding carboxylic acids is 2. The summed E-state index contributed by atoms with van der Waals surface area (Å²) < 4.78 is 0. The SMILES string of the molecule is CC(C)(C)NCCCN1C(=O)C2C(C1=O)C2(C)C. The Kier molecular flexibility index (Phi) is 3.05. The predicted octanol–water partition coefficient (Wildman–Crippen LogP) is 1.41. The zero-order valence-electron chi connectivity index (χ0n) is 12.0. The first-order valence-corrected chi connectivity index (χ1v) is 6.76. The number of piperidine rings is 1. The van der Waals surface area contributed by atoms with E-state index in [0.717, 1.165) is 13.0 Å². The topological polar surface area (TPSA) is 49.4 Å². The van der Waals surface area contributed by atoms with Gasteiger partial charge >= 0.3 is 0 Å². The number of fused-ring (bicyclic) bond motifs is 1. The summed E-state index contributed by atoms with van der Waals surface area (Å²) in [4.78, 5) is 25.6. The van der Waals surface area contributed by atoms with Gasteiger partial charge in [-0.25, -0.2) is 0 Å². The van der Waals surface area contributed by atoms with Gasteiger partial charge in [-0.15, -0.1) is 0 Å². The first-order valence-electron chi connectivity index (χ1n) is 6.76. The smallest absolute Gasteiger partial charge is 0.233 e. The molecular formula is C14H24N2O2. The van der Waals surface area contributed by atoms with Gasteiger partial charge in [0.05, 0.1) is 11.8 Å². The van der Waals surface area contributed by atoms with Gasteiger partial charge < -0.3 is 5.32 Å². The largest absolute Gasteiger partial charge is 0.312 e. The maximum Gasteiger partial charge on any atom is 0.233 e. The Labute approximate surface area is 109 Å². The molecule has 1 saturated heterocycles. The molecule has 2 fully saturated rings. The lowest BCUT2D eigenvalue weighted by atomic mass is 10.1. The average molecular weight is 252 g/mol. The van der Waals surface area contributed by atoms with E-state index in [1.807, 2.05) is 13.8 Å². The zero-order valence-corrected chi connectivity index (χ0v) is 12.0. The fourth-order valence-electron chi connectivity index (χ4n) is 2.92. The van der Waals surface area contributed by atoms with Gasteiger partial charge in [0.1, 0.15) is 0 Å². The van der Waals surface area contributed by atoms with Crippen LogP contribution in [0, 0.1) is 17.3 Å². The highest BCUT2D eigenvalue weighted by Gasteiger charge is 2.72. The van der Waals surface area contributed by atoms with E-state index in [9.17, 15) is 9.59 Å². The summed E-state index contributed by atoms with van der Waals surface area (Å²) in [6, 6.07) is 0. The van der Waals surface area contributed by atoms with Crippen LogP contribution in [0.4, 0.5) is 0 Å². The zero-order chi connectivity index (χ0) is 13.7. The lowest BCUT2D eigenvalue weighted by Gasteiger charge is -2.23. The van der Waals surface area contributed by atoms with Crippen LogP contribution in [-0.4, -0.2) is 35.3 Å². The van der Waals surface area contributed by atoms with Gasteiger partial charge in [0.25, 0.3) is 0 Å². The normalized spacial score (nSPS) is 29.7. The average Bonchev–Trinajstić information content (AvgIpc) is 2.66. The van der Waals surface area contributed by atoms with Crippen LogP contribution < -0.4 is 5.32 Å². The van der Waals surface area contributed by atoms with Crippen molar-refractivity contribution in [1.29, 1.82) is 0 Å². The summed E-state index contributed by atoms with van der Waals surface area (Å²) >= 11 is 0. The van der Waals surface area contributed by atoms with Crippen molar-refractivity contribution in [3.05, 3.63) is 0 Å². The molecule has 1 N–H and O–H groups in total. The molecule has 0 aromatic heterocycles. The standard InChI is InChI=1S/C14H24N2O2/c1-13(2,3)15-7-6-8-16-11(17)9-10(12(16)18)14(9,4)5/h9-10,15H,6-8H2,1-5H3. The Bertz CT molecular complexity index is 358. The minimum Gasteiger partial charge on any atom is -0.312 e. The van der Waals surface area contributed by atoms with Crippen molar-refractivity contribution < 1.29 is 9.59 Å². The molecule has 2 rings (SSSR count). The fourth-order valence-corrected chi connectivity index (χ4v) is 2.92. The molecule has 4 heteroatoms. The van der Waals surface area contributed by atoms with Gasteiger partial charge in [-0.2, -0.15) is 0 Å². The Hall–Kier alpha value is -0.900. The van der Waals surface area contributed by atoms with Gasteiger partial charge in [-0.1, -0.05) is 13.8 Å². The summed E-state index contributed by atoms with van der Waals surface area (Å²) in [6.45, 7) is 11.7. The molecule has 1 aliphatic heterocycles. The molecule has 0 spiro atoms. The van der Waals surface area contributed by atoms with E-state index in [-0.39, 0.29) is 34.6 Å². The second-order valence-corrected chi connectivity index (χ2v) is 7.14. The Balaban J connectivity index is 1.80. The molecule has 2 amide bonds. The summed E-state index contributed by atoms with van der Waals surface area (Å²) in [7, 11) is 0. The molecule has 2 aliphatic rings. The van der Waals surface area contributed by atoms with Crippen molar-refractivity contribution in [1.82, 2.24) is 10.2 Å². The maximum absolute atomic E-state index is 12.0. The second-order valence-electron chi connectivity index (χ2n) is 7.14. The third-order valence-corrected chi connectivity index (χ3v) is 4.11. The van der Waals surface area contributed by atoms with Crippen LogP contribution >= 0.6 is 0 Å². The molecule has 2 unspecified atom stereocenters. The van der Waals surface area contributed by atoms with E-state index in [0.29, 0.717) is 6.54 Å². The molecule has 18 heavy (non-hydrogen) atoms. The Morgan fingerprint density at radius 1 is 1.17 bits per heavy atom. The third-order valence-electron chi connectivity index (χ3n) is 4.11. The van der Waals surface area contributed by atoms with Gasteiger partial charge in [0.15, 0.2) is 0 Å². The number of likely N-dealkylation sites (tertiary alicyclic amines) is 1. The maximum atomic E-state index is 12.0. The van der Waals surface area contributed by atoms with Gasteiger partial charge in [-0.05, 0) is 39.2 Å². The molecule has 0 aromatic rings. The minimum absolute atomic E-state index is 0.0411. The highest BCUT2D eigenvalue weighted by Crippen LogP contribution is 2.63. The summed E-state index contributed by atoms with van der Waals surface area (Å²) in [5.41, 5.74) is -0.00250. The number of imide groups is 1. The molecule has 1 aliphatic carbocycles. The molecule has 0 aromatic carbocycles. The van der Waals surface area contributed by atoms with Crippen LogP contribution in [-0.2, 0) is 9.59 Å². The van der Waals surface area contributed by atoms with Crippen molar-refractivity contribution in [2.75, 3.05) is 13.1 Å². The van der Waals surface area contributed by atoms with E-state index in [1.54, 1.807) is 0 Å². The first kappa shape index (κ1) is 13.5. The monoisotopic (exact) mass is 252 g/mol. The fraction of sp³-hybridized carbons (Fsp3) is 0.857. The van der Waals surface area contributed by atoms with Crippen LogP contribution in [0.1, 0.15) is 41.0 Å². The quantitative estimate of drug-likeness (QED) is 0.608. The third kappa shape index (κ3) is 2.18. The minimum atomic E-state index is -0.0890. The lowest BCUT2D eigenvalue weighted by Crippen LogP contribution is -2.40. The van der Waals surface area contributed by atoms with E-state index in [1.165, 1.54) is 4.90 Å². The number of rotatable bonds is 4. The molecular weight excluding hydrogens is 228 g/mol. The number of amides is 2. The summed E-state index contributed by atoms with van der Waals surface area (Å²) in [5.74, 6) is 0.0117. The highest BCUT2D eigenvalue weighted by molar-refractivity contribution is 6.10. The number of carbonyl (C=O) groups is 2. The lowest BCUT2D eigenvalue weighted by molar-refractivity contribution is -0.143. The molecule has 102 valence electrons. The van der Waals surface area contributed by atoms with E-state index in [4.69, 9.17) is 0 Å². The summed E-state index contributed by atoms with van der Waals surface area (Å²) in [5, 5.41) is 3.36. The number of hydrogen-bond donors (Lipinski definition) is 1. The molecule has 1 heterocycles. The van der Waals surface area contributed by atoms with Crippen LogP contribution in [0.15, 0.2) is 0 Å². The van der Waals surface area contributed by atoms with Crippen LogP contribution in [0.3, 0.4) is 0 Å². The second kappa shape index (κ2) is 4.05. The van der Waals surface area contributed by atoms with Crippen molar-refractivity contribution in [3.63, 3.8) is 0 Å². The van der Waals surface area contributed by atoms with Crippen LogP contribution in [0.2, 0.25) is 0 Å². The highest BCUT2D eigenvalue weighted by atomic mass is 16.2. The molecule has 0 bridgehead atoms. The van der Waals surface area contributed by atoms with Crippen molar-refractivity contribution in [3.8, 4) is 0 Å². The Morgan fingerprint density at radius 2 is 1.67 bits per heavy atom. The van der Waals surface area contributed by atoms with Gasteiger partial charge in [0.2, 0.25) is 11.8 Å². The number of nitrogens with zero attached hydrogens (tertiary/aromatic N) is 1. The van der Waals surface area contributed by atoms with E-state index in [2.05, 4.69) is 26.1 Å². The predicted molar refractivity (Wildman–Crippen MR) is 69.9 cm³/mol. The molecule has 1 saturated carbocycles. The van der Waals surface area contributed by atoms with Gasteiger partial charge in [0, 0.05) is 12.1 Å². The van der Waals surface area contributed by atoms with Gasteiger partial charge in [-0.3, -0.25) is 14.5 Å². The van der Waals surface area contributed by atoms with Crippen LogP contribution in [0.25, 0.3) is 0 Å². The number of hydrogen-bond acceptors (Lipinski definition) is 3. The number of nitrogens with one attached hydrogen (secondary N) is 1. The molecule has 4 nitrogen and oxygen atoms in total. The van der Waals surface area contributed by atoms with Crippen molar-refractivity contribution >= 4 is 11.8 Å². The van der Waals surface area contributed by atoms with E-state index >= 15 is 0 Å². The Morgan fingerprint density at radius 3 is 2.11 bits per heavy atom. The van der Waals surface area contributed by atoms with Crippen molar-refractivity contribution in [2.45, 2.75) is 46.6 Å². The van der Waals surface area contributed by atoms with E-state index < -0.39 is 0 Å². The molecule has 2 atom stereocenters. The van der Waals surface area contributed by atoms with Crippen LogP contribution in [0.5, 0.6) is 0 Å². The summed E-state index contributed by atoms with van der Waals surface area (Å²) in [6.07, 6.45) is 0.828. The first-order chi connectivity index (χ1) is 8.16. The van der Waals surface area contributed by atoms with Crippen molar-refractivity contribution in [2.24, 2.45) is 17.3 Å². The molecule has 0 radical (unpaired) electrons.